The van der Waals surface area contributed by atoms with Crippen LogP contribution in [0.3, 0.4) is 0 Å². The number of anilines is 1. The number of aliphatic carboxylic acids is 1. The van der Waals surface area contributed by atoms with Crippen LogP contribution < -0.4 is 5.32 Å². The number of thioether (sulfide) groups is 1. The second-order valence-corrected chi connectivity index (χ2v) is 10.3. The second-order valence-electron chi connectivity index (χ2n) is 8.22. The van der Waals surface area contributed by atoms with Crippen molar-refractivity contribution in [1.82, 2.24) is 9.55 Å². The van der Waals surface area contributed by atoms with E-state index in [0.717, 1.165) is 17.7 Å². The third-order valence-corrected chi connectivity index (χ3v) is 6.65. The Hall–Kier alpha value is -2.81. The van der Waals surface area contributed by atoms with Gasteiger partial charge in [-0.15, -0.1) is 11.8 Å². The van der Waals surface area contributed by atoms with E-state index < -0.39 is 10.7 Å². The summed E-state index contributed by atoms with van der Waals surface area (Å²) in [6.45, 7) is 18.2. The Labute approximate surface area is 243 Å². The van der Waals surface area contributed by atoms with Crippen molar-refractivity contribution < 1.29 is 19.4 Å². The number of allylic oxidation sites excluding steroid dienone is 4. The van der Waals surface area contributed by atoms with Gasteiger partial charge in [0.15, 0.2) is 0 Å². The predicted molar refractivity (Wildman–Crippen MR) is 167 cm³/mol. The molecule has 0 fully saturated rings. The summed E-state index contributed by atoms with van der Waals surface area (Å²) in [5.41, 5.74) is 2.37. The summed E-state index contributed by atoms with van der Waals surface area (Å²) in [6, 6.07) is 6.93. The van der Waals surface area contributed by atoms with Gasteiger partial charge in [0.2, 0.25) is 0 Å². The molecule has 1 aromatic heterocycles. The first-order valence-electron chi connectivity index (χ1n) is 13.1. The van der Waals surface area contributed by atoms with Crippen LogP contribution in [0.4, 0.5) is 5.69 Å². The van der Waals surface area contributed by atoms with Gasteiger partial charge in [-0.05, 0) is 45.4 Å². The van der Waals surface area contributed by atoms with Gasteiger partial charge in [0.1, 0.15) is 16.3 Å². The fourth-order valence-corrected chi connectivity index (χ4v) is 4.11. The number of carbonyl (C=O) groups is 2. The highest BCUT2D eigenvalue weighted by molar-refractivity contribution is 8.01. The number of ether oxygens (including phenoxy) is 1. The Morgan fingerprint density at radius 2 is 1.92 bits per heavy atom. The van der Waals surface area contributed by atoms with Gasteiger partial charge >= 0.3 is 5.97 Å². The van der Waals surface area contributed by atoms with Crippen LogP contribution >= 0.6 is 23.4 Å². The van der Waals surface area contributed by atoms with Crippen molar-refractivity contribution in [3.05, 3.63) is 77.4 Å². The van der Waals surface area contributed by atoms with Crippen LogP contribution in [0.1, 0.15) is 70.0 Å². The number of hydrogen-bond acceptors (Lipinski definition) is 5. The van der Waals surface area contributed by atoms with Crippen molar-refractivity contribution in [2.75, 3.05) is 24.8 Å². The maximum Gasteiger partial charge on any atom is 0.319 e. The molecule has 9 heteroatoms. The smallest absolute Gasteiger partial charge is 0.319 e. The molecule has 0 unspecified atom stereocenters. The molecule has 1 amide bonds. The SMILES string of the molecule is C=C/C=C(\C=C/CSC(C)(C)C(=O)O)c1nc(C(=O)Nc2cccc(Cl)c2)c(C)n1CCCOC.CC.CC. The molecular weight excluding hydrogens is 534 g/mol. The zero-order valence-electron chi connectivity index (χ0n) is 24.5. The molecule has 0 bridgehead atoms. The van der Waals surface area contributed by atoms with E-state index in [1.54, 1.807) is 51.3 Å². The summed E-state index contributed by atoms with van der Waals surface area (Å²) in [5.74, 6) is -0.0812. The highest BCUT2D eigenvalue weighted by Gasteiger charge is 2.27. The van der Waals surface area contributed by atoms with Gasteiger partial charge in [-0.3, -0.25) is 9.59 Å². The van der Waals surface area contributed by atoms with Gasteiger partial charge in [-0.25, -0.2) is 4.98 Å². The lowest BCUT2D eigenvalue weighted by molar-refractivity contribution is -0.138. The van der Waals surface area contributed by atoms with E-state index in [2.05, 4.69) is 11.9 Å². The highest BCUT2D eigenvalue weighted by Crippen LogP contribution is 2.26. The van der Waals surface area contributed by atoms with Crippen molar-refractivity contribution in [2.45, 2.75) is 66.2 Å². The molecule has 0 atom stereocenters. The maximum atomic E-state index is 13.1. The van der Waals surface area contributed by atoms with Crippen LogP contribution in [0.15, 0.2) is 55.1 Å². The number of nitrogens with one attached hydrogen (secondary N) is 1. The lowest BCUT2D eigenvalue weighted by atomic mass is 10.2. The van der Waals surface area contributed by atoms with Gasteiger partial charge in [0.05, 0.1) is 0 Å². The average Bonchev–Trinajstić information content (AvgIpc) is 3.24. The fraction of sp³-hybridized carbons (Fsp3) is 0.433. The van der Waals surface area contributed by atoms with E-state index in [1.807, 2.05) is 57.4 Å². The van der Waals surface area contributed by atoms with Crippen LogP contribution in [0, 0.1) is 6.92 Å². The third-order valence-electron chi connectivity index (χ3n) is 5.16. The molecule has 0 aliphatic heterocycles. The number of amides is 1. The van der Waals surface area contributed by atoms with E-state index in [-0.39, 0.29) is 5.91 Å². The average molecular weight is 578 g/mol. The quantitative estimate of drug-likeness (QED) is 0.185. The minimum atomic E-state index is -0.895. The monoisotopic (exact) mass is 577 g/mol. The topological polar surface area (TPSA) is 93.5 Å². The summed E-state index contributed by atoms with van der Waals surface area (Å²) in [7, 11) is 1.65. The van der Waals surface area contributed by atoms with E-state index in [9.17, 15) is 14.7 Å². The molecule has 216 valence electrons. The zero-order valence-corrected chi connectivity index (χ0v) is 26.1. The molecule has 0 saturated heterocycles. The maximum absolute atomic E-state index is 13.1. The highest BCUT2D eigenvalue weighted by atomic mass is 35.5. The Bertz CT molecular complexity index is 1120. The van der Waals surface area contributed by atoms with Gasteiger partial charge in [0.25, 0.3) is 5.91 Å². The Kier molecular flexibility index (Phi) is 17.9. The van der Waals surface area contributed by atoms with Crippen molar-refractivity contribution in [3.63, 3.8) is 0 Å². The van der Waals surface area contributed by atoms with Crippen LogP contribution in [0.2, 0.25) is 5.02 Å². The largest absolute Gasteiger partial charge is 0.480 e. The molecule has 0 radical (unpaired) electrons. The van der Waals surface area contributed by atoms with E-state index in [0.29, 0.717) is 41.1 Å². The number of hydrogen-bond donors (Lipinski definition) is 2. The predicted octanol–water partition coefficient (Wildman–Crippen LogP) is 7.91. The number of imidazole rings is 1. The molecule has 0 aliphatic carbocycles. The lowest BCUT2D eigenvalue weighted by Gasteiger charge is -2.17. The number of rotatable bonds is 13. The number of carbonyl (C=O) groups excluding carboxylic acids is 1. The minimum absolute atomic E-state index is 0.308. The fourth-order valence-electron chi connectivity index (χ4n) is 3.19. The Morgan fingerprint density at radius 1 is 1.26 bits per heavy atom. The first-order chi connectivity index (χ1) is 18.6. The number of carboxylic acid groups (broad SMARTS) is 1. The Balaban J connectivity index is 0.00000344. The molecule has 2 N–H and O–H groups in total. The molecular formula is C30H44ClN3O4S. The van der Waals surface area contributed by atoms with Gasteiger partial charge in [-0.2, -0.15) is 0 Å². The van der Waals surface area contributed by atoms with Crippen molar-refractivity contribution in [1.29, 1.82) is 0 Å². The summed E-state index contributed by atoms with van der Waals surface area (Å²) in [4.78, 5) is 29.1. The number of aromatic nitrogens is 2. The van der Waals surface area contributed by atoms with E-state index in [1.165, 1.54) is 11.8 Å². The molecule has 7 nitrogen and oxygen atoms in total. The molecule has 1 aromatic carbocycles. The Morgan fingerprint density at radius 3 is 2.49 bits per heavy atom. The molecule has 1 heterocycles. The summed E-state index contributed by atoms with van der Waals surface area (Å²) in [5, 5.41) is 12.7. The standard InChI is InChI=1S/C26H32ClN3O4S.2C2H6/c1-6-10-19(11-8-16-35-26(3,4)25(32)33)23-29-22(18(2)30(23)14-9-15-34-5)24(31)28-21-13-7-12-20(27)17-21;2*1-2/h6-8,10-13,17H,1,9,14-16H2,2-5H3,(H,28,31)(H,32,33);2*1-2H3/b11-8-,19-10+;;. The second kappa shape index (κ2) is 19.3. The van der Waals surface area contributed by atoms with Crippen LogP contribution in [-0.2, 0) is 16.1 Å². The van der Waals surface area contributed by atoms with E-state index in [4.69, 9.17) is 21.3 Å². The molecule has 2 aromatic rings. The summed E-state index contributed by atoms with van der Waals surface area (Å²) < 4.78 is 6.30. The number of nitrogens with zero attached hydrogens (tertiary/aromatic N) is 2. The number of methoxy groups -OCH3 is 1. The van der Waals surface area contributed by atoms with Crippen LogP contribution in [-0.4, -0.2) is 50.8 Å². The van der Waals surface area contributed by atoms with Crippen molar-refractivity contribution in [2.24, 2.45) is 0 Å². The minimum Gasteiger partial charge on any atom is -0.480 e. The van der Waals surface area contributed by atoms with Gasteiger partial charge in [-0.1, -0.05) is 76.2 Å². The molecule has 39 heavy (non-hydrogen) atoms. The lowest BCUT2D eigenvalue weighted by Crippen LogP contribution is -2.27. The molecule has 0 aliphatic rings. The normalized spacial score (nSPS) is 11.3. The van der Waals surface area contributed by atoms with E-state index >= 15 is 0 Å². The number of halogens is 1. The van der Waals surface area contributed by atoms with Crippen molar-refractivity contribution in [3.8, 4) is 0 Å². The van der Waals surface area contributed by atoms with Crippen LogP contribution in [0.25, 0.3) is 5.57 Å². The number of benzene rings is 1. The zero-order chi connectivity index (χ0) is 30.0. The first kappa shape index (κ1) is 36.2. The van der Waals surface area contributed by atoms with Crippen LogP contribution in [0.5, 0.6) is 0 Å². The summed E-state index contributed by atoms with van der Waals surface area (Å²) in [6.07, 6.45) is 7.98. The van der Waals surface area contributed by atoms with Gasteiger partial charge < -0.3 is 19.7 Å². The molecule has 0 spiro atoms. The van der Waals surface area contributed by atoms with Crippen molar-refractivity contribution >= 4 is 46.5 Å². The number of carboxylic acids is 1. The summed E-state index contributed by atoms with van der Waals surface area (Å²) >= 11 is 7.37. The van der Waals surface area contributed by atoms with Gasteiger partial charge in [0, 0.05) is 48.0 Å². The molecule has 2 rings (SSSR count). The first-order valence-corrected chi connectivity index (χ1v) is 14.5. The molecule has 0 saturated carbocycles. The third kappa shape index (κ3) is 11.9.